The minimum atomic E-state index is -0.474. The zero-order valence-electron chi connectivity index (χ0n) is 15.3. The highest BCUT2D eigenvalue weighted by Crippen LogP contribution is 2.40. The summed E-state index contributed by atoms with van der Waals surface area (Å²) in [7, 11) is 0. The number of aromatic nitrogens is 4. The number of aromatic amines is 1. The quantitative estimate of drug-likeness (QED) is 0.457. The third-order valence-corrected chi connectivity index (χ3v) is 5.18. The van der Waals surface area contributed by atoms with Crippen molar-refractivity contribution in [2.75, 3.05) is 5.32 Å². The summed E-state index contributed by atoms with van der Waals surface area (Å²) in [5, 5.41) is 12.1. The van der Waals surface area contributed by atoms with Crippen LogP contribution in [0.5, 0.6) is 0 Å². The number of anilines is 2. The summed E-state index contributed by atoms with van der Waals surface area (Å²) in [4.78, 5) is 20.7. The molecule has 0 spiro atoms. The van der Waals surface area contributed by atoms with Gasteiger partial charge in [0, 0.05) is 39.2 Å². The maximum Gasteiger partial charge on any atom is 0.248 e. The number of carbonyl (C=O) groups is 1. The fourth-order valence-corrected chi connectivity index (χ4v) is 3.41. The minimum absolute atomic E-state index is 0.434. The van der Waals surface area contributed by atoms with E-state index in [2.05, 4.69) is 20.5 Å². The van der Waals surface area contributed by atoms with Crippen LogP contribution in [0, 0.1) is 0 Å². The molecule has 8 heteroatoms. The Morgan fingerprint density at radius 3 is 2.62 bits per heavy atom. The number of amides is 1. The molecule has 0 saturated heterocycles. The molecule has 1 aliphatic rings. The van der Waals surface area contributed by atoms with Gasteiger partial charge in [-0.3, -0.25) is 9.89 Å². The van der Waals surface area contributed by atoms with Crippen LogP contribution in [-0.4, -0.2) is 26.1 Å². The molecule has 144 valence electrons. The van der Waals surface area contributed by atoms with E-state index in [1.807, 2.05) is 18.2 Å². The molecule has 1 fully saturated rings. The third-order valence-electron chi connectivity index (χ3n) is 4.95. The molecule has 7 nitrogen and oxygen atoms in total. The lowest BCUT2D eigenvalue weighted by Crippen LogP contribution is -2.10. The van der Waals surface area contributed by atoms with Crippen LogP contribution >= 0.6 is 11.6 Å². The number of nitrogens with two attached hydrogens (primary N) is 1. The summed E-state index contributed by atoms with van der Waals surface area (Å²) in [6, 6.07) is 14.4. The average molecular weight is 405 g/mol. The molecule has 4 aromatic rings. The van der Waals surface area contributed by atoms with Gasteiger partial charge in [0.2, 0.25) is 5.91 Å². The second-order valence-corrected chi connectivity index (χ2v) is 7.54. The number of hydrogen-bond acceptors (Lipinski definition) is 5. The molecule has 0 unspecified atom stereocenters. The number of nitrogens with zero attached hydrogens (tertiary/aromatic N) is 3. The van der Waals surface area contributed by atoms with Gasteiger partial charge in [0.25, 0.3) is 0 Å². The first kappa shape index (κ1) is 17.6. The maximum atomic E-state index is 11.3. The fraction of sp³-hybridized carbons (Fsp3) is 0.143. The molecule has 1 saturated carbocycles. The predicted molar refractivity (Wildman–Crippen MR) is 112 cm³/mol. The van der Waals surface area contributed by atoms with Crippen LogP contribution in [-0.2, 0) is 0 Å². The first-order valence-corrected chi connectivity index (χ1v) is 9.64. The van der Waals surface area contributed by atoms with Crippen molar-refractivity contribution in [1.29, 1.82) is 0 Å². The van der Waals surface area contributed by atoms with Gasteiger partial charge in [0.1, 0.15) is 5.82 Å². The zero-order valence-corrected chi connectivity index (χ0v) is 16.1. The topological polar surface area (TPSA) is 110 Å². The highest BCUT2D eigenvalue weighted by atomic mass is 35.5. The summed E-state index contributed by atoms with van der Waals surface area (Å²) in [5.41, 5.74) is 8.41. The van der Waals surface area contributed by atoms with Crippen molar-refractivity contribution in [3.8, 4) is 11.4 Å². The largest absolute Gasteiger partial charge is 0.366 e. The standard InChI is InChI=1S/C21H17ClN6O/c22-14-7-8-16-15(9-14)21(25-18-10-17(27-28-18)11-1-2-11)26-20(24-16)13-5-3-12(4-6-13)19(23)29/h3-11H,1-2H2,(H2,23,29)(H2,24,25,26,27,28). The van der Waals surface area contributed by atoms with E-state index in [0.29, 0.717) is 34.0 Å². The van der Waals surface area contributed by atoms with Gasteiger partial charge in [-0.25, -0.2) is 9.97 Å². The molecule has 1 amide bonds. The first-order valence-electron chi connectivity index (χ1n) is 9.27. The van der Waals surface area contributed by atoms with E-state index < -0.39 is 5.91 Å². The average Bonchev–Trinajstić information content (AvgIpc) is 3.47. The molecule has 5 rings (SSSR count). The number of benzene rings is 2. The SMILES string of the molecule is NC(=O)c1ccc(-c2nc(Nc3cc(C4CC4)[nH]n3)c3cc(Cl)ccc3n2)cc1. The van der Waals surface area contributed by atoms with Crippen LogP contribution in [0.15, 0.2) is 48.5 Å². The summed E-state index contributed by atoms with van der Waals surface area (Å²) in [6.45, 7) is 0. The highest BCUT2D eigenvalue weighted by Gasteiger charge is 2.25. The van der Waals surface area contributed by atoms with Crippen molar-refractivity contribution in [2.24, 2.45) is 5.73 Å². The molecule has 2 heterocycles. The molecule has 29 heavy (non-hydrogen) atoms. The zero-order chi connectivity index (χ0) is 20.0. The number of halogens is 1. The van der Waals surface area contributed by atoms with Crippen LogP contribution < -0.4 is 11.1 Å². The van der Waals surface area contributed by atoms with Gasteiger partial charge < -0.3 is 11.1 Å². The van der Waals surface area contributed by atoms with Crippen LogP contribution in [0.25, 0.3) is 22.3 Å². The molecule has 2 aromatic heterocycles. The van der Waals surface area contributed by atoms with Crippen molar-refractivity contribution in [3.05, 3.63) is 64.8 Å². The van der Waals surface area contributed by atoms with Crippen LogP contribution in [0.4, 0.5) is 11.6 Å². The molecule has 0 bridgehead atoms. The van der Waals surface area contributed by atoms with Crippen LogP contribution in [0.3, 0.4) is 0 Å². The molecule has 2 aromatic carbocycles. The second kappa shape index (κ2) is 6.86. The molecule has 4 N–H and O–H groups in total. The van der Waals surface area contributed by atoms with E-state index >= 15 is 0 Å². The Hall–Kier alpha value is -3.45. The molecule has 0 radical (unpaired) electrons. The molecule has 1 aliphatic carbocycles. The molecule has 0 atom stereocenters. The number of H-pyrrole nitrogens is 1. The van der Waals surface area contributed by atoms with Crippen molar-refractivity contribution in [1.82, 2.24) is 20.2 Å². The van der Waals surface area contributed by atoms with Crippen molar-refractivity contribution >= 4 is 40.0 Å². The smallest absolute Gasteiger partial charge is 0.248 e. The number of rotatable bonds is 5. The van der Waals surface area contributed by atoms with Gasteiger partial charge in [0.05, 0.1) is 5.52 Å². The third kappa shape index (κ3) is 3.52. The summed E-state index contributed by atoms with van der Waals surface area (Å²) in [5.74, 6) is 1.94. The highest BCUT2D eigenvalue weighted by molar-refractivity contribution is 6.31. The normalized spacial score (nSPS) is 13.6. The van der Waals surface area contributed by atoms with Gasteiger partial charge in [-0.1, -0.05) is 23.7 Å². The fourth-order valence-electron chi connectivity index (χ4n) is 3.23. The van der Waals surface area contributed by atoms with Crippen LogP contribution in [0.2, 0.25) is 5.02 Å². The monoisotopic (exact) mass is 404 g/mol. The lowest BCUT2D eigenvalue weighted by Gasteiger charge is -2.10. The van der Waals surface area contributed by atoms with E-state index in [4.69, 9.17) is 22.3 Å². The van der Waals surface area contributed by atoms with Gasteiger partial charge in [-0.2, -0.15) is 5.10 Å². The van der Waals surface area contributed by atoms with Gasteiger partial charge >= 0.3 is 0 Å². The predicted octanol–water partition coefficient (Wildman–Crippen LogP) is 4.39. The Morgan fingerprint density at radius 2 is 1.90 bits per heavy atom. The van der Waals surface area contributed by atoms with Gasteiger partial charge in [0.15, 0.2) is 11.6 Å². The number of carbonyl (C=O) groups excluding carboxylic acids is 1. The minimum Gasteiger partial charge on any atom is -0.366 e. The van der Waals surface area contributed by atoms with Crippen molar-refractivity contribution in [3.63, 3.8) is 0 Å². The molecular weight excluding hydrogens is 388 g/mol. The lowest BCUT2D eigenvalue weighted by atomic mass is 10.1. The summed E-state index contributed by atoms with van der Waals surface area (Å²) >= 11 is 6.20. The number of primary amides is 1. The van der Waals surface area contributed by atoms with E-state index in [-0.39, 0.29) is 0 Å². The Balaban J connectivity index is 1.58. The lowest BCUT2D eigenvalue weighted by molar-refractivity contribution is 0.100. The van der Waals surface area contributed by atoms with E-state index in [1.54, 1.807) is 30.3 Å². The van der Waals surface area contributed by atoms with Gasteiger partial charge in [-0.15, -0.1) is 0 Å². The number of fused-ring (bicyclic) bond motifs is 1. The van der Waals surface area contributed by atoms with Crippen molar-refractivity contribution in [2.45, 2.75) is 18.8 Å². The summed E-state index contributed by atoms with van der Waals surface area (Å²) in [6.07, 6.45) is 2.39. The number of nitrogens with one attached hydrogen (secondary N) is 2. The number of hydrogen-bond donors (Lipinski definition) is 3. The van der Waals surface area contributed by atoms with E-state index in [0.717, 1.165) is 22.2 Å². The Labute approximate surface area is 171 Å². The Kier molecular flexibility index (Phi) is 4.17. The second-order valence-electron chi connectivity index (χ2n) is 7.11. The van der Waals surface area contributed by atoms with E-state index in [9.17, 15) is 4.79 Å². The Bertz CT molecular complexity index is 1230. The maximum absolute atomic E-state index is 11.3. The molecular formula is C21H17ClN6O. The van der Waals surface area contributed by atoms with Crippen molar-refractivity contribution < 1.29 is 4.79 Å². The summed E-state index contributed by atoms with van der Waals surface area (Å²) < 4.78 is 0. The Morgan fingerprint density at radius 1 is 1.10 bits per heavy atom. The van der Waals surface area contributed by atoms with E-state index in [1.165, 1.54) is 12.8 Å². The van der Waals surface area contributed by atoms with Crippen LogP contribution in [0.1, 0.15) is 34.8 Å². The first-order chi connectivity index (χ1) is 14.1. The van der Waals surface area contributed by atoms with Gasteiger partial charge in [-0.05, 0) is 43.2 Å². The molecule has 0 aliphatic heterocycles.